The number of aryl methyl sites for hydroxylation is 1. The van der Waals surface area contributed by atoms with Crippen molar-refractivity contribution in [3.05, 3.63) is 69.7 Å². The van der Waals surface area contributed by atoms with Crippen molar-refractivity contribution < 1.29 is 8.78 Å². The van der Waals surface area contributed by atoms with E-state index in [1.54, 1.807) is 0 Å². The topological polar surface area (TPSA) is 0 Å². The molecule has 0 aliphatic rings. The first-order valence-electron chi connectivity index (χ1n) is 5.82. The highest BCUT2D eigenvalue weighted by molar-refractivity contribution is 9.09. The highest BCUT2D eigenvalue weighted by Crippen LogP contribution is 2.32. The Balaban J connectivity index is 2.28. The van der Waals surface area contributed by atoms with E-state index in [-0.39, 0.29) is 15.4 Å². The molecular formula is C15H12BrClF2. The highest BCUT2D eigenvalue weighted by Gasteiger charge is 2.17. The zero-order valence-electron chi connectivity index (χ0n) is 10.3. The molecule has 0 N–H and O–H groups in total. The molecule has 0 aliphatic heterocycles. The van der Waals surface area contributed by atoms with E-state index in [2.05, 4.69) is 15.9 Å². The van der Waals surface area contributed by atoms with Crippen LogP contribution in [0.1, 0.15) is 21.5 Å². The second-order valence-corrected chi connectivity index (χ2v) is 5.90. The molecule has 0 nitrogen and oxygen atoms in total. The summed E-state index contributed by atoms with van der Waals surface area (Å²) >= 11 is 8.96. The molecule has 2 aromatic carbocycles. The molecule has 0 saturated heterocycles. The van der Waals surface area contributed by atoms with Gasteiger partial charge in [-0.25, -0.2) is 8.78 Å². The van der Waals surface area contributed by atoms with Crippen LogP contribution in [0.2, 0.25) is 5.02 Å². The highest BCUT2D eigenvalue weighted by atomic mass is 79.9. The van der Waals surface area contributed by atoms with Gasteiger partial charge < -0.3 is 0 Å². The van der Waals surface area contributed by atoms with Crippen molar-refractivity contribution in [2.75, 3.05) is 0 Å². The molecule has 2 rings (SSSR count). The first-order chi connectivity index (χ1) is 8.99. The van der Waals surface area contributed by atoms with Crippen LogP contribution in [-0.2, 0) is 6.42 Å². The maximum Gasteiger partial charge on any atom is 0.142 e. The molecule has 1 atom stereocenters. The lowest BCUT2D eigenvalue weighted by Crippen LogP contribution is -2.01. The van der Waals surface area contributed by atoms with Gasteiger partial charge in [0.25, 0.3) is 0 Å². The van der Waals surface area contributed by atoms with Crippen LogP contribution < -0.4 is 0 Å². The minimum absolute atomic E-state index is 0.197. The molecule has 4 heteroatoms. The van der Waals surface area contributed by atoms with Gasteiger partial charge in [0.1, 0.15) is 11.6 Å². The Kier molecular flexibility index (Phi) is 4.58. The number of hydrogen-bond donors (Lipinski definition) is 0. The minimum atomic E-state index is -0.604. The summed E-state index contributed by atoms with van der Waals surface area (Å²) in [6.45, 7) is 1.99. The van der Waals surface area contributed by atoms with E-state index < -0.39 is 11.6 Å². The van der Waals surface area contributed by atoms with E-state index >= 15 is 0 Å². The maximum absolute atomic E-state index is 13.8. The van der Waals surface area contributed by atoms with Crippen molar-refractivity contribution in [2.45, 2.75) is 18.2 Å². The molecule has 2 aromatic rings. The zero-order chi connectivity index (χ0) is 14.0. The van der Waals surface area contributed by atoms with Gasteiger partial charge in [0, 0.05) is 10.4 Å². The maximum atomic E-state index is 13.8. The summed E-state index contributed by atoms with van der Waals surface area (Å²) in [6, 6.07) is 10.0. The fourth-order valence-corrected chi connectivity index (χ4v) is 2.77. The van der Waals surface area contributed by atoms with Crippen LogP contribution in [0.4, 0.5) is 8.78 Å². The van der Waals surface area contributed by atoms with Crippen LogP contribution in [0.15, 0.2) is 36.4 Å². The lowest BCUT2D eigenvalue weighted by Gasteiger charge is -2.13. The molecule has 0 saturated carbocycles. The van der Waals surface area contributed by atoms with Gasteiger partial charge in [-0.15, -0.1) is 0 Å². The van der Waals surface area contributed by atoms with Crippen LogP contribution in [0.25, 0.3) is 0 Å². The van der Waals surface area contributed by atoms with Crippen molar-refractivity contribution in [1.82, 2.24) is 0 Å². The van der Waals surface area contributed by atoms with E-state index in [9.17, 15) is 8.78 Å². The van der Waals surface area contributed by atoms with Gasteiger partial charge in [0.2, 0.25) is 0 Å². The zero-order valence-corrected chi connectivity index (χ0v) is 12.6. The van der Waals surface area contributed by atoms with Crippen LogP contribution in [0, 0.1) is 18.6 Å². The van der Waals surface area contributed by atoms with E-state index in [4.69, 9.17) is 11.6 Å². The molecule has 0 bridgehead atoms. The number of alkyl halides is 1. The Morgan fingerprint density at radius 1 is 1.16 bits per heavy atom. The van der Waals surface area contributed by atoms with Crippen molar-refractivity contribution >= 4 is 27.5 Å². The second-order valence-electron chi connectivity index (χ2n) is 4.39. The average molecular weight is 346 g/mol. The second kappa shape index (κ2) is 6.02. The predicted molar refractivity (Wildman–Crippen MR) is 77.9 cm³/mol. The molecular weight excluding hydrogens is 334 g/mol. The average Bonchev–Trinajstić information content (AvgIpc) is 2.36. The standard InChI is InChI=1S/C15H12BrClF2/c1-9-4-2-3-5-10(9)6-12(16)11-7-15(19)13(17)8-14(11)18/h2-5,7-8,12H,6H2,1H3. The van der Waals surface area contributed by atoms with Gasteiger partial charge in [-0.2, -0.15) is 0 Å². The molecule has 100 valence electrons. The van der Waals surface area contributed by atoms with Crippen molar-refractivity contribution in [1.29, 1.82) is 0 Å². The van der Waals surface area contributed by atoms with Crippen molar-refractivity contribution in [2.24, 2.45) is 0 Å². The number of hydrogen-bond acceptors (Lipinski definition) is 0. The fraction of sp³-hybridized carbons (Fsp3) is 0.200. The molecule has 0 spiro atoms. The van der Waals surface area contributed by atoms with E-state index in [1.165, 1.54) is 0 Å². The van der Waals surface area contributed by atoms with Gasteiger partial charge in [-0.05, 0) is 36.6 Å². The lowest BCUT2D eigenvalue weighted by atomic mass is 10.0. The van der Waals surface area contributed by atoms with Gasteiger partial charge >= 0.3 is 0 Å². The van der Waals surface area contributed by atoms with Crippen LogP contribution in [0.5, 0.6) is 0 Å². The van der Waals surface area contributed by atoms with Crippen LogP contribution >= 0.6 is 27.5 Å². The van der Waals surface area contributed by atoms with Crippen molar-refractivity contribution in [3.63, 3.8) is 0 Å². The third-order valence-corrected chi connectivity index (χ3v) is 4.14. The van der Waals surface area contributed by atoms with E-state index in [0.29, 0.717) is 6.42 Å². The molecule has 1 unspecified atom stereocenters. The Morgan fingerprint density at radius 3 is 2.53 bits per heavy atom. The number of halogens is 4. The molecule has 0 aliphatic carbocycles. The summed E-state index contributed by atoms with van der Waals surface area (Å²) in [5.74, 6) is -1.10. The summed E-state index contributed by atoms with van der Waals surface area (Å²) in [6.07, 6.45) is 0.588. The number of rotatable bonds is 3. The Morgan fingerprint density at radius 2 is 1.84 bits per heavy atom. The molecule has 19 heavy (non-hydrogen) atoms. The molecule has 0 heterocycles. The van der Waals surface area contributed by atoms with Gasteiger partial charge in [-0.1, -0.05) is 51.8 Å². The predicted octanol–water partition coefficient (Wildman–Crippen LogP) is 5.61. The normalized spacial score (nSPS) is 12.5. The van der Waals surface area contributed by atoms with Crippen LogP contribution in [0.3, 0.4) is 0 Å². The monoisotopic (exact) mass is 344 g/mol. The molecule has 0 fully saturated rings. The minimum Gasteiger partial charge on any atom is -0.207 e. The van der Waals surface area contributed by atoms with E-state index in [1.807, 2.05) is 31.2 Å². The third kappa shape index (κ3) is 3.34. The van der Waals surface area contributed by atoms with E-state index in [0.717, 1.165) is 23.3 Å². The smallest absolute Gasteiger partial charge is 0.142 e. The SMILES string of the molecule is Cc1ccccc1CC(Br)c1cc(F)c(Cl)cc1F. The molecule has 0 amide bonds. The Labute approximate surface area is 124 Å². The molecule has 0 radical (unpaired) electrons. The third-order valence-electron chi connectivity index (χ3n) is 3.04. The first kappa shape index (κ1) is 14.5. The molecule has 0 aromatic heterocycles. The Bertz CT molecular complexity index is 599. The van der Waals surface area contributed by atoms with Gasteiger partial charge in [0.15, 0.2) is 0 Å². The first-order valence-corrected chi connectivity index (χ1v) is 7.11. The van der Waals surface area contributed by atoms with Crippen molar-refractivity contribution in [3.8, 4) is 0 Å². The fourth-order valence-electron chi connectivity index (χ4n) is 1.92. The lowest BCUT2D eigenvalue weighted by molar-refractivity contribution is 0.584. The summed E-state index contributed by atoms with van der Waals surface area (Å²) < 4.78 is 27.2. The van der Waals surface area contributed by atoms with Gasteiger partial charge in [-0.3, -0.25) is 0 Å². The summed E-state index contributed by atoms with van der Waals surface area (Å²) in [7, 11) is 0. The Hall–Kier alpha value is -0.930. The summed E-state index contributed by atoms with van der Waals surface area (Å²) in [5.41, 5.74) is 2.51. The summed E-state index contributed by atoms with van der Waals surface area (Å²) in [4.78, 5) is -0.291. The van der Waals surface area contributed by atoms with Gasteiger partial charge in [0.05, 0.1) is 5.02 Å². The largest absolute Gasteiger partial charge is 0.207 e. The quantitative estimate of drug-likeness (QED) is 0.501. The number of benzene rings is 2. The van der Waals surface area contributed by atoms with Crippen LogP contribution in [-0.4, -0.2) is 0 Å². The summed E-state index contributed by atoms with van der Waals surface area (Å²) in [5, 5.41) is -0.197.